The van der Waals surface area contributed by atoms with Crippen LogP contribution in [0.1, 0.15) is 81.8 Å². The Labute approximate surface area is 170 Å². The topological polar surface area (TPSA) is 17.1 Å². The first kappa shape index (κ1) is 19.4. The Morgan fingerprint density at radius 2 is 1.43 bits per heavy atom. The van der Waals surface area contributed by atoms with Gasteiger partial charge in [0.2, 0.25) is 0 Å². The highest BCUT2D eigenvalue weighted by molar-refractivity contribution is 5.79. The molecule has 1 heteroatoms. The van der Waals surface area contributed by atoms with Gasteiger partial charge in [0.25, 0.3) is 0 Å². The van der Waals surface area contributed by atoms with Crippen molar-refractivity contribution in [2.45, 2.75) is 77.0 Å². The third kappa shape index (κ3) is 4.57. The second kappa shape index (κ2) is 9.07. The molecule has 1 atom stereocenters. The van der Waals surface area contributed by atoms with Gasteiger partial charge in [0.15, 0.2) is 0 Å². The maximum Gasteiger partial charge on any atom is 0.133 e. The van der Waals surface area contributed by atoms with E-state index in [4.69, 9.17) is 0 Å². The molecule has 1 nitrogen and oxygen atoms in total. The summed E-state index contributed by atoms with van der Waals surface area (Å²) in [5.74, 6) is 2.69. The second-order valence-electron chi connectivity index (χ2n) is 9.08. The molecule has 0 N–H and O–H groups in total. The largest absolute Gasteiger partial charge is 0.300 e. The summed E-state index contributed by atoms with van der Waals surface area (Å²) in [4.78, 5) is 11.8. The van der Waals surface area contributed by atoms with Crippen molar-refractivity contribution in [3.05, 3.63) is 59.7 Å². The normalized spacial score (nSPS) is 25.6. The number of rotatable bonds is 5. The average Bonchev–Trinajstić information content (AvgIpc) is 2.75. The third-order valence-electron chi connectivity index (χ3n) is 7.17. The molecule has 2 saturated carbocycles. The number of hydrogen-bond donors (Lipinski definition) is 0. The van der Waals surface area contributed by atoms with E-state index in [-0.39, 0.29) is 0 Å². The first-order chi connectivity index (χ1) is 13.7. The van der Waals surface area contributed by atoms with E-state index in [0.717, 1.165) is 31.6 Å². The lowest BCUT2D eigenvalue weighted by molar-refractivity contribution is -0.122. The molecule has 0 aromatic heterocycles. The molecule has 0 amide bonds. The van der Waals surface area contributed by atoms with E-state index in [0.29, 0.717) is 17.6 Å². The van der Waals surface area contributed by atoms with Gasteiger partial charge in [-0.05, 0) is 85.0 Å². The summed E-state index contributed by atoms with van der Waals surface area (Å²) in [7, 11) is 0. The van der Waals surface area contributed by atoms with Gasteiger partial charge in [0.1, 0.15) is 5.78 Å². The predicted molar refractivity (Wildman–Crippen MR) is 118 cm³/mol. The third-order valence-corrected chi connectivity index (χ3v) is 7.17. The van der Waals surface area contributed by atoms with E-state index >= 15 is 0 Å². The maximum absolute atomic E-state index is 11.8. The number of benzene rings is 2. The van der Waals surface area contributed by atoms with Crippen LogP contribution in [0.2, 0.25) is 0 Å². The molecule has 0 aliphatic heterocycles. The minimum Gasteiger partial charge on any atom is -0.300 e. The Hall–Kier alpha value is -1.89. The molecule has 1 unspecified atom stereocenters. The van der Waals surface area contributed by atoms with Crippen molar-refractivity contribution in [1.29, 1.82) is 0 Å². The SMILES string of the molecule is CCCc1ccc(-c2ccc(C3CCC(C4CCCC(=O)C4)CC3)cc2)cc1. The van der Waals surface area contributed by atoms with Crippen molar-refractivity contribution in [3.63, 3.8) is 0 Å². The molecule has 2 fully saturated rings. The van der Waals surface area contributed by atoms with E-state index in [1.54, 1.807) is 0 Å². The summed E-state index contributed by atoms with van der Waals surface area (Å²) in [6.45, 7) is 2.23. The van der Waals surface area contributed by atoms with Crippen LogP contribution in [0.25, 0.3) is 11.1 Å². The highest BCUT2D eigenvalue weighted by Crippen LogP contribution is 2.42. The molecule has 148 valence electrons. The van der Waals surface area contributed by atoms with Crippen LogP contribution in [0.4, 0.5) is 0 Å². The Morgan fingerprint density at radius 3 is 2.04 bits per heavy atom. The monoisotopic (exact) mass is 374 g/mol. The zero-order valence-electron chi connectivity index (χ0n) is 17.3. The van der Waals surface area contributed by atoms with Crippen molar-refractivity contribution in [3.8, 4) is 11.1 Å². The molecule has 0 spiro atoms. The van der Waals surface area contributed by atoms with Gasteiger partial charge in [-0.3, -0.25) is 4.79 Å². The van der Waals surface area contributed by atoms with E-state index < -0.39 is 0 Å². The summed E-state index contributed by atoms with van der Waals surface area (Å²) in [5, 5.41) is 0. The molecule has 2 aromatic rings. The van der Waals surface area contributed by atoms with Gasteiger partial charge in [-0.25, -0.2) is 0 Å². The Morgan fingerprint density at radius 1 is 0.786 bits per heavy atom. The lowest BCUT2D eigenvalue weighted by Crippen LogP contribution is -2.26. The molecule has 2 aliphatic rings. The first-order valence-electron chi connectivity index (χ1n) is 11.4. The van der Waals surface area contributed by atoms with Crippen LogP contribution >= 0.6 is 0 Å². The predicted octanol–water partition coefficient (Wildman–Crippen LogP) is 7.34. The number of Topliss-reactive ketones (excluding diaryl/α,β-unsaturated/α-hetero) is 1. The Bertz CT molecular complexity index is 763. The fraction of sp³-hybridized carbons (Fsp3) is 0.519. The Kier molecular flexibility index (Phi) is 6.29. The average molecular weight is 375 g/mol. The fourth-order valence-electron chi connectivity index (χ4n) is 5.48. The van der Waals surface area contributed by atoms with Crippen LogP contribution in [-0.2, 0) is 11.2 Å². The minimum absolute atomic E-state index is 0.511. The van der Waals surface area contributed by atoms with Crippen LogP contribution in [0.15, 0.2) is 48.5 Å². The van der Waals surface area contributed by atoms with Crippen LogP contribution in [0.5, 0.6) is 0 Å². The maximum atomic E-state index is 11.8. The van der Waals surface area contributed by atoms with Crippen molar-refractivity contribution in [1.82, 2.24) is 0 Å². The quantitative estimate of drug-likeness (QED) is 0.535. The van der Waals surface area contributed by atoms with E-state index in [2.05, 4.69) is 55.5 Å². The zero-order chi connectivity index (χ0) is 19.3. The molecule has 4 rings (SSSR count). The van der Waals surface area contributed by atoms with Crippen LogP contribution in [0, 0.1) is 11.8 Å². The molecule has 0 bridgehead atoms. The summed E-state index contributed by atoms with van der Waals surface area (Å²) < 4.78 is 0. The highest BCUT2D eigenvalue weighted by Gasteiger charge is 2.31. The molecular weight excluding hydrogens is 340 g/mol. The van der Waals surface area contributed by atoms with E-state index in [9.17, 15) is 4.79 Å². The molecule has 0 radical (unpaired) electrons. The molecule has 2 aliphatic carbocycles. The second-order valence-corrected chi connectivity index (χ2v) is 9.08. The number of carbonyl (C=O) groups is 1. The summed E-state index contributed by atoms with van der Waals surface area (Å²) in [6, 6.07) is 18.4. The summed E-state index contributed by atoms with van der Waals surface area (Å²) in [6.07, 6.45) is 11.7. The smallest absolute Gasteiger partial charge is 0.133 e. The van der Waals surface area contributed by atoms with Crippen LogP contribution in [-0.4, -0.2) is 5.78 Å². The lowest BCUT2D eigenvalue weighted by atomic mass is 9.69. The van der Waals surface area contributed by atoms with Crippen LogP contribution in [0.3, 0.4) is 0 Å². The van der Waals surface area contributed by atoms with E-state index in [1.165, 1.54) is 60.8 Å². The zero-order valence-corrected chi connectivity index (χ0v) is 17.3. The van der Waals surface area contributed by atoms with E-state index in [1.807, 2.05) is 0 Å². The van der Waals surface area contributed by atoms with Crippen molar-refractivity contribution in [2.24, 2.45) is 11.8 Å². The van der Waals surface area contributed by atoms with Gasteiger partial charge in [-0.2, -0.15) is 0 Å². The van der Waals surface area contributed by atoms with Gasteiger partial charge < -0.3 is 0 Å². The Balaban J connectivity index is 1.35. The summed E-state index contributed by atoms with van der Waals surface area (Å²) in [5.41, 5.74) is 5.57. The first-order valence-corrected chi connectivity index (χ1v) is 11.4. The van der Waals surface area contributed by atoms with Crippen molar-refractivity contribution < 1.29 is 4.79 Å². The lowest BCUT2D eigenvalue weighted by Gasteiger charge is -2.35. The van der Waals surface area contributed by atoms with Crippen LogP contribution < -0.4 is 0 Å². The van der Waals surface area contributed by atoms with Gasteiger partial charge in [-0.1, -0.05) is 61.9 Å². The highest BCUT2D eigenvalue weighted by atomic mass is 16.1. The molecule has 0 saturated heterocycles. The number of hydrogen-bond acceptors (Lipinski definition) is 1. The van der Waals surface area contributed by atoms with Gasteiger partial charge in [0.05, 0.1) is 0 Å². The number of aryl methyl sites for hydroxylation is 1. The molecular formula is C27H34O. The minimum atomic E-state index is 0.511. The fourth-order valence-corrected chi connectivity index (χ4v) is 5.48. The standard InChI is InChI=1S/C27H34O/c1-2-4-20-7-9-21(10-8-20)22-11-13-23(14-12-22)24-15-17-25(18-16-24)26-5-3-6-27(28)19-26/h7-14,24-26H,2-6,15-19H2,1H3. The number of ketones is 1. The summed E-state index contributed by atoms with van der Waals surface area (Å²) >= 11 is 0. The molecule has 2 aromatic carbocycles. The van der Waals surface area contributed by atoms with Gasteiger partial charge in [0, 0.05) is 12.8 Å². The van der Waals surface area contributed by atoms with Crippen molar-refractivity contribution in [2.75, 3.05) is 0 Å². The molecule has 28 heavy (non-hydrogen) atoms. The van der Waals surface area contributed by atoms with Gasteiger partial charge in [-0.15, -0.1) is 0 Å². The van der Waals surface area contributed by atoms with Gasteiger partial charge >= 0.3 is 0 Å². The number of carbonyl (C=O) groups excluding carboxylic acids is 1. The molecule has 0 heterocycles. The van der Waals surface area contributed by atoms with Crippen molar-refractivity contribution >= 4 is 5.78 Å².